The van der Waals surface area contributed by atoms with E-state index in [0.29, 0.717) is 22.0 Å². The summed E-state index contributed by atoms with van der Waals surface area (Å²) in [6.45, 7) is 1.99. The summed E-state index contributed by atoms with van der Waals surface area (Å²) in [5, 5.41) is 4.57. The molecule has 6 nitrogen and oxygen atoms in total. The molecule has 1 heterocycles. The van der Waals surface area contributed by atoms with E-state index in [1.807, 2.05) is 54.6 Å². The topological polar surface area (TPSA) is 75.7 Å². The van der Waals surface area contributed by atoms with E-state index in [4.69, 9.17) is 16.3 Å². The number of amides is 4. The van der Waals surface area contributed by atoms with Crippen molar-refractivity contribution < 1.29 is 19.1 Å². The quantitative estimate of drug-likeness (QED) is 0.270. The highest BCUT2D eigenvalue weighted by molar-refractivity contribution is 6.39. The minimum atomic E-state index is -0.787. The summed E-state index contributed by atoms with van der Waals surface area (Å²) in [4.78, 5) is 40.0. The summed E-state index contributed by atoms with van der Waals surface area (Å²) >= 11 is 6.29. The number of carbonyl (C=O) groups excluding carboxylic acids is 3. The number of nitrogens with zero attached hydrogens (tertiary/aromatic N) is 1. The average molecular weight is 497 g/mol. The van der Waals surface area contributed by atoms with Gasteiger partial charge in [0.2, 0.25) is 0 Å². The van der Waals surface area contributed by atoms with Crippen molar-refractivity contribution in [3.05, 3.63) is 112 Å². The number of para-hydroxylation sites is 1. The van der Waals surface area contributed by atoms with Gasteiger partial charge in [0.25, 0.3) is 11.8 Å². The molecule has 1 saturated heterocycles. The minimum absolute atomic E-state index is 0.170. The fourth-order valence-electron chi connectivity index (χ4n) is 4.16. The van der Waals surface area contributed by atoms with Gasteiger partial charge in [-0.25, -0.2) is 9.69 Å². The lowest BCUT2D eigenvalue weighted by Gasteiger charge is -2.27. The number of hydrogen-bond acceptors (Lipinski definition) is 4. The van der Waals surface area contributed by atoms with Crippen molar-refractivity contribution >= 4 is 52.0 Å². The summed E-state index contributed by atoms with van der Waals surface area (Å²) in [6, 6.07) is 24.9. The van der Waals surface area contributed by atoms with Crippen molar-refractivity contribution in [2.24, 2.45) is 0 Å². The lowest BCUT2D eigenvalue weighted by atomic mass is 9.99. The van der Waals surface area contributed by atoms with Crippen LogP contribution < -0.4 is 15.0 Å². The zero-order valence-corrected chi connectivity index (χ0v) is 20.1. The van der Waals surface area contributed by atoms with Gasteiger partial charge in [-0.1, -0.05) is 78.3 Å². The first kappa shape index (κ1) is 23.3. The number of imide groups is 2. The lowest BCUT2D eigenvalue weighted by molar-refractivity contribution is -0.122. The Bertz CT molecular complexity index is 1560. The smallest absolute Gasteiger partial charge is 0.335 e. The van der Waals surface area contributed by atoms with Crippen molar-refractivity contribution in [3.8, 4) is 5.75 Å². The Morgan fingerprint density at radius 3 is 2.42 bits per heavy atom. The second-order valence-electron chi connectivity index (χ2n) is 8.32. The Hall–Kier alpha value is -4.42. The number of rotatable bonds is 5. The summed E-state index contributed by atoms with van der Waals surface area (Å²) < 4.78 is 6.12. The fraction of sp³-hybridized carbons (Fsp3) is 0.0690. The molecule has 4 aromatic rings. The molecule has 0 bridgehead atoms. The molecule has 0 saturated carbocycles. The number of fused-ring (bicyclic) bond motifs is 1. The monoisotopic (exact) mass is 496 g/mol. The summed E-state index contributed by atoms with van der Waals surface area (Å²) in [5.74, 6) is -0.996. The largest absolute Gasteiger partial charge is 0.488 e. The van der Waals surface area contributed by atoms with E-state index < -0.39 is 17.8 Å². The van der Waals surface area contributed by atoms with Crippen LogP contribution in [0.4, 0.5) is 10.5 Å². The van der Waals surface area contributed by atoms with Crippen LogP contribution in [0.1, 0.15) is 16.7 Å². The molecule has 1 fully saturated rings. The van der Waals surface area contributed by atoms with E-state index in [-0.39, 0.29) is 12.2 Å². The number of aryl methyl sites for hydroxylation is 1. The Balaban J connectivity index is 1.60. The van der Waals surface area contributed by atoms with Crippen LogP contribution in [0.5, 0.6) is 5.75 Å². The molecule has 1 aliphatic heterocycles. The van der Waals surface area contributed by atoms with Crippen molar-refractivity contribution in [1.82, 2.24) is 5.32 Å². The third-order valence-electron chi connectivity index (χ3n) is 6.02. The predicted molar refractivity (Wildman–Crippen MR) is 140 cm³/mol. The van der Waals surface area contributed by atoms with Crippen LogP contribution >= 0.6 is 11.6 Å². The number of hydrogen-bond donors (Lipinski definition) is 1. The third-order valence-corrected chi connectivity index (χ3v) is 6.39. The van der Waals surface area contributed by atoms with Crippen LogP contribution in [-0.2, 0) is 16.2 Å². The van der Waals surface area contributed by atoms with Gasteiger partial charge in [-0.05, 0) is 47.5 Å². The van der Waals surface area contributed by atoms with Crippen molar-refractivity contribution in [3.63, 3.8) is 0 Å². The molecule has 7 heteroatoms. The minimum Gasteiger partial charge on any atom is -0.488 e. The highest BCUT2D eigenvalue weighted by Crippen LogP contribution is 2.33. The van der Waals surface area contributed by atoms with Gasteiger partial charge in [0.15, 0.2) is 0 Å². The van der Waals surface area contributed by atoms with Crippen LogP contribution in [0, 0.1) is 6.92 Å². The highest BCUT2D eigenvalue weighted by Gasteiger charge is 2.37. The number of halogens is 1. The first-order chi connectivity index (χ1) is 17.4. The average Bonchev–Trinajstić information content (AvgIpc) is 2.87. The first-order valence-corrected chi connectivity index (χ1v) is 11.7. The van der Waals surface area contributed by atoms with Gasteiger partial charge >= 0.3 is 6.03 Å². The van der Waals surface area contributed by atoms with Crippen LogP contribution in [0.3, 0.4) is 0 Å². The molecule has 178 valence electrons. The van der Waals surface area contributed by atoms with Gasteiger partial charge in [-0.3, -0.25) is 14.9 Å². The Morgan fingerprint density at radius 1 is 0.889 bits per heavy atom. The number of ether oxygens (including phenoxy) is 1. The van der Waals surface area contributed by atoms with Crippen LogP contribution in [0.25, 0.3) is 16.8 Å². The van der Waals surface area contributed by atoms with Crippen molar-refractivity contribution in [2.45, 2.75) is 13.5 Å². The highest BCUT2D eigenvalue weighted by atomic mass is 35.5. The molecule has 0 unspecified atom stereocenters. The normalized spacial score (nSPS) is 14.9. The molecular formula is C29H21ClN2O4. The molecule has 0 radical (unpaired) electrons. The van der Waals surface area contributed by atoms with Gasteiger partial charge in [-0.2, -0.15) is 0 Å². The maximum Gasteiger partial charge on any atom is 0.335 e. The van der Waals surface area contributed by atoms with Crippen LogP contribution in [0.15, 0.2) is 90.5 Å². The molecule has 5 rings (SSSR count). The molecule has 4 aromatic carbocycles. The van der Waals surface area contributed by atoms with Gasteiger partial charge < -0.3 is 4.74 Å². The third kappa shape index (κ3) is 4.34. The molecule has 0 spiro atoms. The van der Waals surface area contributed by atoms with Gasteiger partial charge in [-0.15, -0.1) is 0 Å². The Kier molecular flexibility index (Phi) is 6.27. The van der Waals surface area contributed by atoms with Crippen LogP contribution in [-0.4, -0.2) is 17.8 Å². The second kappa shape index (κ2) is 9.68. The van der Waals surface area contributed by atoms with Crippen molar-refractivity contribution in [2.75, 3.05) is 4.90 Å². The second-order valence-corrected chi connectivity index (χ2v) is 8.73. The number of carbonyl (C=O) groups is 3. The molecule has 0 atom stereocenters. The molecule has 36 heavy (non-hydrogen) atoms. The van der Waals surface area contributed by atoms with E-state index in [1.54, 1.807) is 37.3 Å². The molecule has 4 amide bonds. The standard InChI is InChI=1S/C29H21ClN2O4/c1-18-8-2-7-13-25(18)32-28(34)23(27(33)31-29(32)35)16-22-21-11-5-3-9-19(21)14-15-26(22)36-17-20-10-4-6-12-24(20)30/h2-16H,17H2,1H3,(H,31,33,35)/b23-16+. The van der Waals surface area contributed by atoms with Crippen molar-refractivity contribution in [1.29, 1.82) is 0 Å². The zero-order valence-electron chi connectivity index (χ0n) is 19.3. The molecule has 0 aromatic heterocycles. The summed E-state index contributed by atoms with van der Waals surface area (Å²) in [6.07, 6.45) is 1.49. The predicted octanol–water partition coefficient (Wildman–Crippen LogP) is 6.05. The van der Waals surface area contributed by atoms with Gasteiger partial charge in [0.1, 0.15) is 17.9 Å². The molecule has 1 N–H and O–H groups in total. The number of urea groups is 1. The first-order valence-electron chi connectivity index (χ1n) is 11.3. The summed E-state index contributed by atoms with van der Waals surface area (Å²) in [7, 11) is 0. The maximum atomic E-state index is 13.5. The number of nitrogens with one attached hydrogen (secondary N) is 1. The lowest BCUT2D eigenvalue weighted by Crippen LogP contribution is -2.54. The zero-order chi connectivity index (χ0) is 25.2. The Labute approximate surface area is 212 Å². The molecule has 0 aliphatic carbocycles. The van der Waals surface area contributed by atoms with E-state index in [1.165, 1.54) is 6.08 Å². The molecule has 1 aliphatic rings. The van der Waals surface area contributed by atoms with Gasteiger partial charge in [0, 0.05) is 16.1 Å². The number of barbiturate groups is 1. The van der Waals surface area contributed by atoms with E-state index in [9.17, 15) is 14.4 Å². The van der Waals surface area contributed by atoms with Crippen LogP contribution in [0.2, 0.25) is 5.02 Å². The van der Waals surface area contributed by atoms with E-state index in [2.05, 4.69) is 5.32 Å². The Morgan fingerprint density at radius 2 is 1.61 bits per heavy atom. The maximum absolute atomic E-state index is 13.5. The molecular weight excluding hydrogens is 476 g/mol. The van der Waals surface area contributed by atoms with Gasteiger partial charge in [0.05, 0.1) is 5.69 Å². The fourth-order valence-corrected chi connectivity index (χ4v) is 4.35. The SMILES string of the molecule is Cc1ccccc1N1C(=O)NC(=O)/C(=C\c2c(OCc3ccccc3Cl)ccc3ccccc23)C1=O. The number of anilines is 1. The van der Waals surface area contributed by atoms with E-state index >= 15 is 0 Å². The summed E-state index contributed by atoms with van der Waals surface area (Å²) in [5.41, 5.74) is 2.32. The van der Waals surface area contributed by atoms with E-state index in [0.717, 1.165) is 26.8 Å². The number of benzene rings is 4.